The molecule has 0 N–H and O–H groups in total. The van der Waals surface area contributed by atoms with Crippen LogP contribution in [0.3, 0.4) is 0 Å². The van der Waals surface area contributed by atoms with E-state index in [0.29, 0.717) is 13.2 Å². The summed E-state index contributed by atoms with van der Waals surface area (Å²) in [5.41, 5.74) is 2.31. The molecule has 0 aliphatic carbocycles. The number of ether oxygens (including phenoxy) is 1. The lowest BCUT2D eigenvalue weighted by atomic mass is 10.2. The van der Waals surface area contributed by atoms with E-state index >= 15 is 0 Å². The van der Waals surface area contributed by atoms with Crippen molar-refractivity contribution in [2.24, 2.45) is 0 Å². The quantitative estimate of drug-likeness (QED) is 0.628. The van der Waals surface area contributed by atoms with Crippen molar-refractivity contribution < 1.29 is 9.15 Å². The monoisotopic (exact) mass is 322 g/mol. The molecule has 0 unspecified atom stereocenters. The molecule has 0 bridgehead atoms. The second-order valence-electron chi connectivity index (χ2n) is 5.67. The van der Waals surface area contributed by atoms with Crippen molar-refractivity contribution in [2.45, 2.75) is 13.1 Å². The number of hydrogen-bond acceptors (Lipinski definition) is 4. The first-order chi connectivity index (χ1) is 11.8. The topological polar surface area (TPSA) is 38.5 Å². The van der Waals surface area contributed by atoms with Crippen molar-refractivity contribution >= 4 is 0 Å². The Hall–Kier alpha value is -2.43. The maximum atomic E-state index is 5.92. The van der Waals surface area contributed by atoms with Crippen molar-refractivity contribution in [3.8, 4) is 11.3 Å². The van der Waals surface area contributed by atoms with E-state index in [1.54, 1.807) is 13.3 Å². The van der Waals surface area contributed by atoms with Gasteiger partial charge in [0.2, 0.25) is 5.89 Å². The predicted octanol–water partition coefficient (Wildman–Crippen LogP) is 3.99. The van der Waals surface area contributed by atoms with E-state index in [2.05, 4.69) is 34.1 Å². The van der Waals surface area contributed by atoms with Gasteiger partial charge < -0.3 is 9.15 Å². The van der Waals surface area contributed by atoms with E-state index in [-0.39, 0.29) is 0 Å². The van der Waals surface area contributed by atoms with Crippen molar-refractivity contribution in [1.29, 1.82) is 0 Å². The Morgan fingerprint density at radius 2 is 1.67 bits per heavy atom. The Kier molecular flexibility index (Phi) is 5.77. The highest BCUT2D eigenvalue weighted by Crippen LogP contribution is 2.20. The molecule has 1 aromatic heterocycles. The summed E-state index contributed by atoms with van der Waals surface area (Å²) in [6.07, 6.45) is 1.79. The third kappa shape index (κ3) is 4.54. The second kappa shape index (κ2) is 8.43. The highest BCUT2D eigenvalue weighted by atomic mass is 16.5. The van der Waals surface area contributed by atoms with Crippen molar-refractivity contribution in [3.63, 3.8) is 0 Å². The molecule has 2 aromatic carbocycles. The molecular weight excluding hydrogens is 300 g/mol. The molecule has 0 aliphatic heterocycles. The summed E-state index contributed by atoms with van der Waals surface area (Å²) in [7, 11) is 1.72. The smallest absolute Gasteiger partial charge is 0.209 e. The zero-order chi connectivity index (χ0) is 16.6. The van der Waals surface area contributed by atoms with Crippen molar-refractivity contribution in [1.82, 2.24) is 9.88 Å². The molecule has 24 heavy (non-hydrogen) atoms. The Morgan fingerprint density at radius 3 is 2.38 bits per heavy atom. The molecule has 0 saturated heterocycles. The third-order valence-electron chi connectivity index (χ3n) is 3.83. The molecule has 124 valence electrons. The number of nitrogens with zero attached hydrogens (tertiary/aromatic N) is 2. The number of hydrogen-bond donors (Lipinski definition) is 0. The molecule has 1 heterocycles. The molecule has 0 spiro atoms. The first kappa shape index (κ1) is 16.4. The number of oxazole rings is 1. The van der Waals surface area contributed by atoms with Crippen molar-refractivity contribution in [3.05, 3.63) is 78.3 Å². The fourth-order valence-electron chi connectivity index (χ4n) is 2.59. The summed E-state index contributed by atoms with van der Waals surface area (Å²) < 4.78 is 11.2. The summed E-state index contributed by atoms with van der Waals surface area (Å²) in [6.45, 7) is 3.01. The van der Waals surface area contributed by atoms with Crippen LogP contribution in [0.4, 0.5) is 0 Å². The van der Waals surface area contributed by atoms with E-state index in [1.165, 1.54) is 5.56 Å². The lowest BCUT2D eigenvalue weighted by molar-refractivity contribution is 0.134. The van der Waals surface area contributed by atoms with Gasteiger partial charge in [0.05, 0.1) is 19.3 Å². The average molecular weight is 322 g/mol. The van der Waals surface area contributed by atoms with Gasteiger partial charge in [-0.1, -0.05) is 60.7 Å². The largest absolute Gasteiger partial charge is 0.439 e. The van der Waals surface area contributed by atoms with Crippen molar-refractivity contribution in [2.75, 3.05) is 20.3 Å². The Labute approximate surface area is 142 Å². The molecule has 3 rings (SSSR count). The summed E-state index contributed by atoms with van der Waals surface area (Å²) in [5, 5.41) is 0. The molecule has 4 nitrogen and oxygen atoms in total. The minimum Gasteiger partial charge on any atom is -0.439 e. The zero-order valence-corrected chi connectivity index (χ0v) is 13.9. The van der Waals surface area contributed by atoms with Gasteiger partial charge in [-0.05, 0) is 5.56 Å². The van der Waals surface area contributed by atoms with Crippen LogP contribution >= 0.6 is 0 Å². The second-order valence-corrected chi connectivity index (χ2v) is 5.67. The van der Waals surface area contributed by atoms with Crippen LogP contribution in [0.5, 0.6) is 0 Å². The van der Waals surface area contributed by atoms with Crippen LogP contribution in [0.1, 0.15) is 11.5 Å². The van der Waals surface area contributed by atoms with Gasteiger partial charge in [-0.2, -0.15) is 0 Å². The summed E-state index contributed by atoms with van der Waals surface area (Å²) in [6, 6.07) is 20.4. The SMILES string of the molecule is COCCN(Cc1ccccc1)Cc1ncc(-c2ccccc2)o1. The van der Waals surface area contributed by atoms with Gasteiger partial charge in [0.1, 0.15) is 0 Å². The van der Waals surface area contributed by atoms with E-state index < -0.39 is 0 Å². The summed E-state index contributed by atoms with van der Waals surface area (Å²) in [5.74, 6) is 1.53. The van der Waals surface area contributed by atoms with Gasteiger partial charge >= 0.3 is 0 Å². The number of rotatable bonds is 8. The van der Waals surface area contributed by atoms with Gasteiger partial charge in [0.25, 0.3) is 0 Å². The third-order valence-corrected chi connectivity index (χ3v) is 3.83. The highest BCUT2D eigenvalue weighted by molar-refractivity contribution is 5.55. The van der Waals surface area contributed by atoms with Crippen LogP contribution in [0, 0.1) is 0 Å². The number of aromatic nitrogens is 1. The van der Waals surface area contributed by atoms with E-state index in [1.807, 2.05) is 36.4 Å². The lowest BCUT2D eigenvalue weighted by Gasteiger charge is -2.20. The Morgan fingerprint density at radius 1 is 0.958 bits per heavy atom. The predicted molar refractivity (Wildman–Crippen MR) is 94.4 cm³/mol. The summed E-state index contributed by atoms with van der Waals surface area (Å²) in [4.78, 5) is 6.71. The number of benzene rings is 2. The van der Waals surface area contributed by atoms with Crippen LogP contribution in [0.25, 0.3) is 11.3 Å². The Balaban J connectivity index is 1.69. The molecule has 0 aliphatic rings. The molecule has 0 saturated carbocycles. The summed E-state index contributed by atoms with van der Waals surface area (Å²) >= 11 is 0. The van der Waals surface area contributed by atoms with Gasteiger partial charge in [0, 0.05) is 25.8 Å². The lowest BCUT2D eigenvalue weighted by Crippen LogP contribution is -2.26. The van der Waals surface area contributed by atoms with E-state index in [9.17, 15) is 0 Å². The number of methoxy groups -OCH3 is 1. The molecule has 0 amide bonds. The molecule has 0 fully saturated rings. The minimum absolute atomic E-state index is 0.658. The van der Waals surface area contributed by atoms with Crippen LogP contribution in [0.2, 0.25) is 0 Å². The molecular formula is C20H22N2O2. The van der Waals surface area contributed by atoms with Crippen LogP contribution in [-0.4, -0.2) is 30.1 Å². The molecule has 0 radical (unpaired) electrons. The standard InChI is InChI=1S/C20H22N2O2/c1-23-13-12-22(15-17-8-4-2-5-9-17)16-20-21-14-19(24-20)18-10-6-3-7-11-18/h2-11,14H,12-13,15-16H2,1H3. The Bertz CT molecular complexity index is 726. The van der Waals surface area contributed by atoms with Crippen LogP contribution in [-0.2, 0) is 17.8 Å². The van der Waals surface area contributed by atoms with Gasteiger partial charge in [-0.15, -0.1) is 0 Å². The van der Waals surface area contributed by atoms with Gasteiger partial charge in [0.15, 0.2) is 5.76 Å². The first-order valence-corrected chi connectivity index (χ1v) is 8.10. The van der Waals surface area contributed by atoms with Crippen LogP contribution in [0.15, 0.2) is 71.3 Å². The van der Waals surface area contributed by atoms with Gasteiger partial charge in [-0.3, -0.25) is 4.90 Å². The molecule has 4 heteroatoms. The van der Waals surface area contributed by atoms with E-state index in [4.69, 9.17) is 9.15 Å². The average Bonchev–Trinajstić information content (AvgIpc) is 3.10. The fourth-order valence-corrected chi connectivity index (χ4v) is 2.59. The first-order valence-electron chi connectivity index (χ1n) is 8.10. The molecule has 0 atom stereocenters. The maximum Gasteiger partial charge on any atom is 0.209 e. The zero-order valence-electron chi connectivity index (χ0n) is 13.9. The maximum absolute atomic E-state index is 5.92. The van der Waals surface area contributed by atoms with Gasteiger partial charge in [-0.25, -0.2) is 4.98 Å². The normalized spacial score (nSPS) is 11.1. The van der Waals surface area contributed by atoms with Crippen LogP contribution < -0.4 is 0 Å². The fraction of sp³-hybridized carbons (Fsp3) is 0.250. The minimum atomic E-state index is 0.658. The highest BCUT2D eigenvalue weighted by Gasteiger charge is 2.12. The van der Waals surface area contributed by atoms with E-state index in [0.717, 1.165) is 30.3 Å². The molecule has 3 aromatic rings.